The van der Waals surface area contributed by atoms with Crippen LogP contribution < -0.4 is 9.64 Å². The minimum Gasteiger partial charge on any atom is -0.426 e. The Morgan fingerprint density at radius 1 is 1.04 bits per heavy atom. The number of aryl methyl sites for hydroxylation is 3. The maximum Gasteiger partial charge on any atom is 0.316 e. The van der Waals surface area contributed by atoms with Crippen molar-refractivity contribution in [3.8, 4) is 5.75 Å². The summed E-state index contributed by atoms with van der Waals surface area (Å²) in [7, 11) is 0. The van der Waals surface area contributed by atoms with Crippen molar-refractivity contribution in [2.24, 2.45) is 5.92 Å². The van der Waals surface area contributed by atoms with E-state index in [2.05, 4.69) is 0 Å². The molecule has 3 rings (SSSR count). The molecule has 0 bridgehead atoms. The van der Waals surface area contributed by atoms with E-state index in [4.69, 9.17) is 4.74 Å². The third-order valence-electron chi connectivity index (χ3n) is 4.42. The van der Waals surface area contributed by atoms with Crippen LogP contribution in [0.2, 0.25) is 0 Å². The number of benzene rings is 2. The summed E-state index contributed by atoms with van der Waals surface area (Å²) < 4.78 is 5.59. The SMILES string of the molecule is Cc1ccc(N2C[C@@H](C(=O)Oc3c(C)cccc3C)CC2=O)cc1. The van der Waals surface area contributed by atoms with Gasteiger partial charge in [-0.3, -0.25) is 9.59 Å². The monoisotopic (exact) mass is 323 g/mol. The van der Waals surface area contributed by atoms with Gasteiger partial charge in [0.25, 0.3) is 0 Å². The molecule has 24 heavy (non-hydrogen) atoms. The molecule has 1 heterocycles. The number of nitrogens with zero attached hydrogens (tertiary/aromatic N) is 1. The maximum absolute atomic E-state index is 12.5. The Hall–Kier alpha value is -2.62. The Balaban J connectivity index is 1.73. The first-order chi connectivity index (χ1) is 11.5. The van der Waals surface area contributed by atoms with Crippen molar-refractivity contribution in [3.63, 3.8) is 0 Å². The fraction of sp³-hybridized carbons (Fsp3) is 0.300. The minimum absolute atomic E-state index is 0.0395. The smallest absolute Gasteiger partial charge is 0.316 e. The van der Waals surface area contributed by atoms with E-state index < -0.39 is 5.92 Å². The fourth-order valence-electron chi connectivity index (χ4n) is 2.98. The van der Waals surface area contributed by atoms with Crippen LogP contribution in [0.4, 0.5) is 5.69 Å². The Kier molecular flexibility index (Phi) is 4.38. The zero-order valence-electron chi connectivity index (χ0n) is 14.2. The largest absolute Gasteiger partial charge is 0.426 e. The van der Waals surface area contributed by atoms with Crippen molar-refractivity contribution >= 4 is 17.6 Å². The molecule has 0 saturated carbocycles. The average molecular weight is 323 g/mol. The zero-order valence-corrected chi connectivity index (χ0v) is 14.2. The summed E-state index contributed by atoms with van der Waals surface area (Å²) in [4.78, 5) is 26.4. The first-order valence-corrected chi connectivity index (χ1v) is 8.10. The number of amides is 1. The molecule has 4 nitrogen and oxygen atoms in total. The highest BCUT2D eigenvalue weighted by Gasteiger charge is 2.36. The van der Waals surface area contributed by atoms with Crippen LogP contribution in [-0.2, 0) is 9.59 Å². The first-order valence-electron chi connectivity index (χ1n) is 8.10. The van der Waals surface area contributed by atoms with E-state index in [0.717, 1.165) is 22.4 Å². The summed E-state index contributed by atoms with van der Waals surface area (Å²) in [5, 5.41) is 0. The Bertz CT molecular complexity index is 760. The summed E-state index contributed by atoms with van der Waals surface area (Å²) in [5.74, 6) is -0.209. The molecule has 0 aliphatic carbocycles. The van der Waals surface area contributed by atoms with Crippen LogP contribution in [-0.4, -0.2) is 18.4 Å². The van der Waals surface area contributed by atoms with Crippen LogP contribution in [0.25, 0.3) is 0 Å². The van der Waals surface area contributed by atoms with Crippen LogP contribution >= 0.6 is 0 Å². The molecule has 2 aromatic carbocycles. The van der Waals surface area contributed by atoms with Crippen LogP contribution in [0.5, 0.6) is 5.75 Å². The number of hydrogen-bond acceptors (Lipinski definition) is 3. The van der Waals surface area contributed by atoms with Gasteiger partial charge in [-0.2, -0.15) is 0 Å². The molecule has 4 heteroatoms. The third kappa shape index (κ3) is 3.18. The third-order valence-corrected chi connectivity index (χ3v) is 4.42. The molecule has 1 atom stereocenters. The van der Waals surface area contributed by atoms with Crippen molar-refractivity contribution in [1.82, 2.24) is 0 Å². The molecule has 124 valence electrons. The lowest BCUT2D eigenvalue weighted by molar-refractivity contribution is -0.139. The number of hydrogen-bond donors (Lipinski definition) is 0. The highest BCUT2D eigenvalue weighted by Crippen LogP contribution is 2.28. The molecule has 1 fully saturated rings. The highest BCUT2D eigenvalue weighted by molar-refractivity contribution is 5.99. The second kappa shape index (κ2) is 6.48. The molecule has 0 aromatic heterocycles. The average Bonchev–Trinajstić information content (AvgIpc) is 2.94. The molecular formula is C20H21NO3. The molecule has 0 unspecified atom stereocenters. The van der Waals surface area contributed by atoms with E-state index in [1.807, 2.05) is 63.2 Å². The van der Waals surface area contributed by atoms with E-state index in [0.29, 0.717) is 12.3 Å². The van der Waals surface area contributed by atoms with Gasteiger partial charge in [-0.25, -0.2) is 0 Å². The number of para-hydroxylation sites is 1. The summed E-state index contributed by atoms with van der Waals surface area (Å²) in [6, 6.07) is 13.5. The lowest BCUT2D eigenvalue weighted by atomic mass is 10.1. The van der Waals surface area contributed by atoms with E-state index >= 15 is 0 Å². The molecule has 1 aliphatic rings. The molecule has 2 aromatic rings. The van der Waals surface area contributed by atoms with Gasteiger partial charge in [0.15, 0.2) is 0 Å². The number of carbonyl (C=O) groups excluding carboxylic acids is 2. The van der Waals surface area contributed by atoms with Gasteiger partial charge in [0.05, 0.1) is 5.92 Å². The molecule has 1 amide bonds. The molecule has 0 N–H and O–H groups in total. The number of rotatable bonds is 3. The minimum atomic E-state index is -0.433. The van der Waals surface area contributed by atoms with Crippen LogP contribution in [0.1, 0.15) is 23.1 Å². The van der Waals surface area contributed by atoms with Crippen molar-refractivity contribution in [2.75, 3.05) is 11.4 Å². The van der Waals surface area contributed by atoms with Crippen LogP contribution in [0, 0.1) is 26.7 Å². The predicted molar refractivity (Wildman–Crippen MR) is 93.2 cm³/mol. The van der Waals surface area contributed by atoms with Gasteiger partial charge >= 0.3 is 5.97 Å². The summed E-state index contributed by atoms with van der Waals surface area (Å²) in [6.07, 6.45) is 0.192. The molecule has 1 saturated heterocycles. The quantitative estimate of drug-likeness (QED) is 0.641. The number of esters is 1. The van der Waals surface area contributed by atoms with E-state index in [1.54, 1.807) is 4.90 Å². The maximum atomic E-state index is 12.5. The topological polar surface area (TPSA) is 46.6 Å². The van der Waals surface area contributed by atoms with Crippen molar-refractivity contribution < 1.29 is 14.3 Å². The van der Waals surface area contributed by atoms with E-state index in [9.17, 15) is 9.59 Å². The molecular weight excluding hydrogens is 302 g/mol. The lowest BCUT2D eigenvalue weighted by Crippen LogP contribution is -2.27. The van der Waals surface area contributed by atoms with Crippen LogP contribution in [0.15, 0.2) is 42.5 Å². The summed E-state index contributed by atoms with van der Waals surface area (Å²) in [5.41, 5.74) is 3.80. The highest BCUT2D eigenvalue weighted by atomic mass is 16.5. The number of carbonyl (C=O) groups is 2. The summed E-state index contributed by atoms with van der Waals surface area (Å²) >= 11 is 0. The van der Waals surface area contributed by atoms with Gasteiger partial charge in [-0.15, -0.1) is 0 Å². The van der Waals surface area contributed by atoms with Crippen LogP contribution in [0.3, 0.4) is 0 Å². The van der Waals surface area contributed by atoms with Crippen molar-refractivity contribution in [2.45, 2.75) is 27.2 Å². The Labute approximate surface area is 142 Å². The van der Waals surface area contributed by atoms with Crippen molar-refractivity contribution in [3.05, 3.63) is 59.2 Å². The Morgan fingerprint density at radius 2 is 1.67 bits per heavy atom. The second-order valence-corrected chi connectivity index (χ2v) is 6.38. The fourth-order valence-corrected chi connectivity index (χ4v) is 2.98. The normalized spacial score (nSPS) is 17.2. The van der Waals surface area contributed by atoms with E-state index in [1.165, 1.54) is 0 Å². The standard InChI is InChI=1S/C20H21NO3/c1-13-7-9-17(10-8-13)21-12-16(11-18(21)22)20(23)24-19-14(2)5-4-6-15(19)3/h4-10,16H,11-12H2,1-3H3/t16-/m0/s1. The number of anilines is 1. The molecule has 0 radical (unpaired) electrons. The Morgan fingerprint density at radius 3 is 2.29 bits per heavy atom. The van der Waals surface area contributed by atoms with Gasteiger partial charge in [0, 0.05) is 18.7 Å². The first kappa shape index (κ1) is 16.2. The molecule has 0 spiro atoms. The summed E-state index contributed by atoms with van der Waals surface area (Å²) in [6.45, 7) is 6.19. The predicted octanol–water partition coefficient (Wildman–Crippen LogP) is 3.57. The van der Waals surface area contributed by atoms with Gasteiger partial charge in [0.2, 0.25) is 5.91 Å². The van der Waals surface area contributed by atoms with Gasteiger partial charge in [-0.1, -0.05) is 35.9 Å². The van der Waals surface area contributed by atoms with Crippen molar-refractivity contribution in [1.29, 1.82) is 0 Å². The van der Waals surface area contributed by atoms with Gasteiger partial charge in [-0.05, 0) is 44.0 Å². The zero-order chi connectivity index (χ0) is 17.3. The number of ether oxygens (including phenoxy) is 1. The van der Waals surface area contributed by atoms with E-state index in [-0.39, 0.29) is 18.3 Å². The van der Waals surface area contributed by atoms with Gasteiger partial charge < -0.3 is 9.64 Å². The lowest BCUT2D eigenvalue weighted by Gasteiger charge is -2.17. The van der Waals surface area contributed by atoms with Gasteiger partial charge in [0.1, 0.15) is 5.75 Å². The second-order valence-electron chi connectivity index (χ2n) is 6.38. The molecule has 1 aliphatic heterocycles.